The Morgan fingerprint density at radius 2 is 2.39 bits per heavy atom. The molecule has 1 fully saturated rings. The topological polar surface area (TPSA) is 68.2 Å². The average Bonchev–Trinajstić information content (AvgIpc) is 3.09. The van der Waals surface area contributed by atoms with Crippen molar-refractivity contribution in [2.24, 2.45) is 0 Å². The highest BCUT2D eigenvalue weighted by Crippen LogP contribution is 2.31. The SMILES string of the molecule is CCc1nc([C@H]2CCCN2Cc2ccon2)no1. The minimum absolute atomic E-state index is 0.241. The molecule has 3 heterocycles. The average molecular weight is 248 g/mol. The van der Waals surface area contributed by atoms with Crippen LogP contribution in [0.2, 0.25) is 0 Å². The van der Waals surface area contributed by atoms with Crippen molar-refractivity contribution in [3.63, 3.8) is 0 Å². The van der Waals surface area contributed by atoms with Crippen LogP contribution in [0.4, 0.5) is 0 Å². The van der Waals surface area contributed by atoms with Crippen molar-refractivity contribution in [2.45, 2.75) is 38.8 Å². The van der Waals surface area contributed by atoms with E-state index in [0.717, 1.165) is 43.9 Å². The number of nitrogens with zero attached hydrogens (tertiary/aromatic N) is 4. The van der Waals surface area contributed by atoms with Crippen molar-refractivity contribution in [1.29, 1.82) is 0 Å². The maximum Gasteiger partial charge on any atom is 0.226 e. The fourth-order valence-electron chi connectivity index (χ4n) is 2.38. The van der Waals surface area contributed by atoms with Gasteiger partial charge < -0.3 is 9.05 Å². The Morgan fingerprint density at radius 1 is 1.44 bits per heavy atom. The highest BCUT2D eigenvalue weighted by atomic mass is 16.5. The number of hydrogen-bond acceptors (Lipinski definition) is 6. The Morgan fingerprint density at radius 3 is 3.11 bits per heavy atom. The van der Waals surface area contributed by atoms with E-state index in [1.54, 1.807) is 6.26 Å². The lowest BCUT2D eigenvalue weighted by molar-refractivity contribution is 0.227. The summed E-state index contributed by atoms with van der Waals surface area (Å²) in [5.74, 6) is 1.51. The van der Waals surface area contributed by atoms with Crippen molar-refractivity contribution < 1.29 is 9.05 Å². The van der Waals surface area contributed by atoms with Crippen LogP contribution in [0, 0.1) is 0 Å². The first kappa shape index (κ1) is 11.4. The molecule has 0 spiro atoms. The first-order valence-electron chi connectivity index (χ1n) is 6.32. The quantitative estimate of drug-likeness (QED) is 0.823. The summed E-state index contributed by atoms with van der Waals surface area (Å²) in [7, 11) is 0. The first-order valence-corrected chi connectivity index (χ1v) is 6.32. The summed E-state index contributed by atoms with van der Waals surface area (Å²) in [6.07, 6.45) is 4.60. The van der Waals surface area contributed by atoms with Crippen molar-refractivity contribution in [3.05, 3.63) is 29.7 Å². The first-order chi connectivity index (χ1) is 8.86. The van der Waals surface area contributed by atoms with Crippen molar-refractivity contribution in [2.75, 3.05) is 6.54 Å². The van der Waals surface area contributed by atoms with E-state index in [1.165, 1.54) is 0 Å². The van der Waals surface area contributed by atoms with Crippen LogP contribution in [-0.4, -0.2) is 26.7 Å². The van der Waals surface area contributed by atoms with Crippen LogP contribution >= 0.6 is 0 Å². The molecular formula is C12H16N4O2. The van der Waals surface area contributed by atoms with Gasteiger partial charge in [0.05, 0.1) is 11.7 Å². The fourth-order valence-corrected chi connectivity index (χ4v) is 2.38. The molecule has 0 unspecified atom stereocenters. The molecule has 1 atom stereocenters. The van der Waals surface area contributed by atoms with Gasteiger partial charge in [-0.1, -0.05) is 17.2 Å². The van der Waals surface area contributed by atoms with E-state index in [1.807, 2.05) is 13.0 Å². The van der Waals surface area contributed by atoms with E-state index in [9.17, 15) is 0 Å². The molecule has 0 aliphatic carbocycles. The van der Waals surface area contributed by atoms with Gasteiger partial charge in [-0.15, -0.1) is 0 Å². The molecule has 0 N–H and O–H groups in total. The summed E-state index contributed by atoms with van der Waals surface area (Å²) in [5, 5.41) is 8.03. The van der Waals surface area contributed by atoms with Gasteiger partial charge in [-0.25, -0.2) is 0 Å². The predicted molar refractivity (Wildman–Crippen MR) is 62.6 cm³/mol. The number of rotatable bonds is 4. The van der Waals surface area contributed by atoms with E-state index in [-0.39, 0.29) is 6.04 Å². The summed E-state index contributed by atoms with van der Waals surface area (Å²) in [5.41, 5.74) is 0.945. The maximum absolute atomic E-state index is 5.19. The van der Waals surface area contributed by atoms with Crippen LogP contribution in [0.5, 0.6) is 0 Å². The van der Waals surface area contributed by atoms with Gasteiger partial charge >= 0.3 is 0 Å². The number of aryl methyl sites for hydroxylation is 1. The standard InChI is InChI=1S/C12H16N4O2/c1-2-11-13-12(15-18-11)10-4-3-6-16(10)8-9-5-7-17-14-9/h5,7,10H,2-4,6,8H2,1H3/t10-/m1/s1. The zero-order valence-corrected chi connectivity index (χ0v) is 10.4. The summed E-state index contributed by atoms with van der Waals surface area (Å²) in [4.78, 5) is 6.75. The molecule has 0 radical (unpaired) electrons. The van der Waals surface area contributed by atoms with E-state index in [4.69, 9.17) is 9.05 Å². The lowest BCUT2D eigenvalue weighted by Crippen LogP contribution is -2.23. The van der Waals surface area contributed by atoms with E-state index in [0.29, 0.717) is 5.89 Å². The van der Waals surface area contributed by atoms with Gasteiger partial charge in [0.15, 0.2) is 5.82 Å². The molecule has 0 aromatic carbocycles. The normalized spacial score (nSPS) is 20.6. The summed E-state index contributed by atoms with van der Waals surface area (Å²) >= 11 is 0. The van der Waals surface area contributed by atoms with Crippen LogP contribution in [0.15, 0.2) is 21.4 Å². The molecule has 2 aromatic heterocycles. The van der Waals surface area contributed by atoms with Crippen molar-refractivity contribution in [3.8, 4) is 0 Å². The second-order valence-electron chi connectivity index (χ2n) is 4.52. The second kappa shape index (κ2) is 4.89. The third kappa shape index (κ3) is 2.15. The summed E-state index contributed by atoms with van der Waals surface area (Å²) in [6, 6.07) is 2.13. The molecule has 3 rings (SSSR count). The van der Waals surface area contributed by atoms with Gasteiger partial charge in [0, 0.05) is 19.0 Å². The number of aromatic nitrogens is 3. The smallest absolute Gasteiger partial charge is 0.226 e. The Hall–Kier alpha value is -1.69. The zero-order valence-electron chi connectivity index (χ0n) is 10.4. The number of hydrogen-bond donors (Lipinski definition) is 0. The predicted octanol–water partition coefficient (Wildman–Crippen LogP) is 1.96. The van der Waals surface area contributed by atoms with Gasteiger partial charge in [-0.2, -0.15) is 4.98 Å². The minimum atomic E-state index is 0.241. The van der Waals surface area contributed by atoms with E-state index >= 15 is 0 Å². The Labute approximate surface area is 105 Å². The molecule has 6 nitrogen and oxygen atoms in total. The Bertz CT molecular complexity index is 494. The van der Waals surface area contributed by atoms with Crippen LogP contribution in [0.1, 0.15) is 43.2 Å². The third-order valence-corrected chi connectivity index (χ3v) is 3.30. The van der Waals surface area contributed by atoms with Crippen molar-refractivity contribution >= 4 is 0 Å². The van der Waals surface area contributed by atoms with Gasteiger partial charge in [0.25, 0.3) is 0 Å². The molecule has 0 bridgehead atoms. The number of likely N-dealkylation sites (tertiary alicyclic amines) is 1. The highest BCUT2D eigenvalue weighted by Gasteiger charge is 2.30. The largest absolute Gasteiger partial charge is 0.364 e. The molecule has 6 heteroatoms. The van der Waals surface area contributed by atoms with Crippen LogP contribution in [0.25, 0.3) is 0 Å². The van der Waals surface area contributed by atoms with Crippen LogP contribution in [0.3, 0.4) is 0 Å². The molecule has 0 amide bonds. The molecular weight excluding hydrogens is 232 g/mol. The highest BCUT2D eigenvalue weighted by molar-refractivity contribution is 5.02. The molecule has 1 aliphatic rings. The lowest BCUT2D eigenvalue weighted by atomic mass is 10.2. The minimum Gasteiger partial charge on any atom is -0.364 e. The van der Waals surface area contributed by atoms with Gasteiger partial charge in [0.1, 0.15) is 6.26 Å². The molecule has 96 valence electrons. The van der Waals surface area contributed by atoms with E-state index < -0.39 is 0 Å². The van der Waals surface area contributed by atoms with Gasteiger partial charge in [-0.05, 0) is 19.4 Å². The third-order valence-electron chi connectivity index (χ3n) is 3.30. The molecule has 0 saturated carbocycles. The molecule has 2 aromatic rings. The maximum atomic E-state index is 5.19. The monoisotopic (exact) mass is 248 g/mol. The molecule has 1 aliphatic heterocycles. The second-order valence-corrected chi connectivity index (χ2v) is 4.52. The fraction of sp³-hybridized carbons (Fsp3) is 0.583. The molecule has 1 saturated heterocycles. The zero-order chi connectivity index (χ0) is 12.4. The van der Waals surface area contributed by atoms with Gasteiger partial charge in [0.2, 0.25) is 5.89 Å². The summed E-state index contributed by atoms with van der Waals surface area (Å²) < 4.78 is 10.0. The van der Waals surface area contributed by atoms with E-state index in [2.05, 4.69) is 20.2 Å². The van der Waals surface area contributed by atoms with Crippen LogP contribution < -0.4 is 0 Å². The Balaban J connectivity index is 1.74. The molecule has 18 heavy (non-hydrogen) atoms. The van der Waals surface area contributed by atoms with Gasteiger partial charge in [-0.3, -0.25) is 4.90 Å². The van der Waals surface area contributed by atoms with Crippen LogP contribution in [-0.2, 0) is 13.0 Å². The Kier molecular flexibility index (Phi) is 3.10. The van der Waals surface area contributed by atoms with Crippen molar-refractivity contribution in [1.82, 2.24) is 20.2 Å². The lowest BCUT2D eigenvalue weighted by Gasteiger charge is -2.20. The summed E-state index contributed by atoms with van der Waals surface area (Å²) in [6.45, 7) is 3.82.